The van der Waals surface area contributed by atoms with Crippen LogP contribution in [0.2, 0.25) is 0 Å². The van der Waals surface area contributed by atoms with Crippen LogP contribution in [0.5, 0.6) is 0 Å². The van der Waals surface area contributed by atoms with E-state index < -0.39 is 0 Å². The monoisotopic (exact) mass is 330 g/mol. The molecule has 2 fully saturated rings. The van der Waals surface area contributed by atoms with Gasteiger partial charge in [-0.15, -0.1) is 0 Å². The zero-order valence-electron chi connectivity index (χ0n) is 14.3. The summed E-state index contributed by atoms with van der Waals surface area (Å²) in [6.45, 7) is 4.70. The Balaban J connectivity index is 1.56. The molecule has 0 aromatic heterocycles. The van der Waals surface area contributed by atoms with Gasteiger partial charge in [-0.1, -0.05) is 37.3 Å². The summed E-state index contributed by atoms with van der Waals surface area (Å²) in [6, 6.07) is 9.27. The molecule has 2 aliphatic heterocycles. The lowest BCUT2D eigenvalue weighted by atomic mass is 9.98. The fourth-order valence-corrected chi connectivity index (χ4v) is 3.48. The van der Waals surface area contributed by atoms with E-state index in [1.807, 2.05) is 35.2 Å². The highest BCUT2D eigenvalue weighted by Crippen LogP contribution is 2.24. The second-order valence-corrected chi connectivity index (χ2v) is 6.90. The van der Waals surface area contributed by atoms with Crippen LogP contribution in [0.15, 0.2) is 30.3 Å². The number of carbonyl (C=O) groups excluding carboxylic acids is 2. The minimum Gasteiger partial charge on any atom is -0.445 e. The number of hydrogen-bond donors (Lipinski definition) is 0. The molecule has 0 spiro atoms. The van der Waals surface area contributed by atoms with E-state index in [1.54, 1.807) is 4.90 Å². The van der Waals surface area contributed by atoms with Crippen molar-refractivity contribution in [1.29, 1.82) is 0 Å². The van der Waals surface area contributed by atoms with Gasteiger partial charge in [0.2, 0.25) is 5.91 Å². The molecule has 1 aromatic carbocycles. The first-order valence-electron chi connectivity index (χ1n) is 8.91. The Morgan fingerprint density at radius 3 is 2.50 bits per heavy atom. The number of likely N-dealkylation sites (tertiary alicyclic amines) is 2. The third kappa shape index (κ3) is 3.89. The number of rotatable bonds is 3. The highest BCUT2D eigenvalue weighted by molar-refractivity contribution is 5.86. The van der Waals surface area contributed by atoms with E-state index in [1.165, 1.54) is 0 Å². The Bertz CT molecular complexity index is 567. The summed E-state index contributed by atoms with van der Waals surface area (Å²) >= 11 is 0. The number of piperidine rings is 1. The molecule has 1 atom stereocenters. The van der Waals surface area contributed by atoms with Gasteiger partial charge >= 0.3 is 6.09 Å². The third-order valence-electron chi connectivity index (χ3n) is 5.07. The van der Waals surface area contributed by atoms with Crippen LogP contribution in [0.4, 0.5) is 4.79 Å². The zero-order valence-corrected chi connectivity index (χ0v) is 14.3. The smallest absolute Gasteiger partial charge is 0.410 e. The van der Waals surface area contributed by atoms with Crippen LogP contribution < -0.4 is 0 Å². The summed E-state index contributed by atoms with van der Waals surface area (Å²) in [5, 5.41) is 0. The standard InChI is InChI=1S/C19H26N2O3/c1-15-9-12-20(13-10-15)18(22)17-8-5-11-21(17)19(23)24-14-16-6-3-2-4-7-16/h2-4,6-7,15,17H,5,8-14H2,1H3/t17-/m0/s1. The number of amides is 2. The van der Waals surface area contributed by atoms with Gasteiger partial charge in [0, 0.05) is 19.6 Å². The summed E-state index contributed by atoms with van der Waals surface area (Å²) in [6.07, 6.45) is 3.33. The molecule has 24 heavy (non-hydrogen) atoms. The molecule has 5 heteroatoms. The summed E-state index contributed by atoms with van der Waals surface area (Å²) < 4.78 is 5.41. The van der Waals surface area contributed by atoms with E-state index in [9.17, 15) is 9.59 Å². The van der Waals surface area contributed by atoms with Crippen LogP contribution in [0.3, 0.4) is 0 Å². The SMILES string of the molecule is CC1CCN(C(=O)[C@@H]2CCCN2C(=O)OCc2ccccc2)CC1. The Kier molecular flexibility index (Phi) is 5.38. The van der Waals surface area contributed by atoms with Gasteiger partial charge in [-0.05, 0) is 37.2 Å². The summed E-state index contributed by atoms with van der Waals surface area (Å²) in [5.41, 5.74) is 0.956. The van der Waals surface area contributed by atoms with Gasteiger partial charge in [0.1, 0.15) is 12.6 Å². The zero-order chi connectivity index (χ0) is 16.9. The lowest BCUT2D eigenvalue weighted by Crippen LogP contribution is -2.49. The fourth-order valence-electron chi connectivity index (χ4n) is 3.48. The van der Waals surface area contributed by atoms with Crippen molar-refractivity contribution >= 4 is 12.0 Å². The average molecular weight is 330 g/mol. The molecular formula is C19H26N2O3. The molecule has 2 heterocycles. The topological polar surface area (TPSA) is 49.9 Å². The van der Waals surface area contributed by atoms with Crippen LogP contribution in [0.25, 0.3) is 0 Å². The van der Waals surface area contributed by atoms with Crippen LogP contribution in [0.1, 0.15) is 38.2 Å². The molecule has 2 saturated heterocycles. The van der Waals surface area contributed by atoms with Crippen molar-refractivity contribution in [3.63, 3.8) is 0 Å². The van der Waals surface area contributed by atoms with E-state index >= 15 is 0 Å². The van der Waals surface area contributed by atoms with Gasteiger partial charge in [-0.3, -0.25) is 9.69 Å². The number of ether oxygens (including phenoxy) is 1. The molecule has 0 unspecified atom stereocenters. The second-order valence-electron chi connectivity index (χ2n) is 6.90. The largest absolute Gasteiger partial charge is 0.445 e. The molecule has 0 bridgehead atoms. The van der Waals surface area contributed by atoms with Gasteiger partial charge in [-0.2, -0.15) is 0 Å². The Morgan fingerprint density at radius 2 is 1.79 bits per heavy atom. The van der Waals surface area contributed by atoms with Crippen molar-refractivity contribution in [2.45, 2.75) is 45.3 Å². The average Bonchev–Trinajstić information content (AvgIpc) is 3.10. The first kappa shape index (κ1) is 16.8. The van der Waals surface area contributed by atoms with Gasteiger partial charge in [0.15, 0.2) is 0 Å². The fraction of sp³-hybridized carbons (Fsp3) is 0.579. The first-order valence-corrected chi connectivity index (χ1v) is 8.91. The maximum Gasteiger partial charge on any atom is 0.410 e. The molecule has 5 nitrogen and oxygen atoms in total. The Morgan fingerprint density at radius 1 is 1.08 bits per heavy atom. The third-order valence-corrected chi connectivity index (χ3v) is 5.07. The van der Waals surface area contributed by atoms with Crippen molar-refractivity contribution < 1.29 is 14.3 Å². The number of carbonyl (C=O) groups is 2. The molecule has 0 N–H and O–H groups in total. The van der Waals surface area contributed by atoms with E-state index in [0.717, 1.165) is 44.3 Å². The molecule has 0 radical (unpaired) electrons. The van der Waals surface area contributed by atoms with Crippen LogP contribution in [-0.4, -0.2) is 47.5 Å². The van der Waals surface area contributed by atoms with Crippen molar-refractivity contribution in [3.05, 3.63) is 35.9 Å². The second kappa shape index (κ2) is 7.69. The molecular weight excluding hydrogens is 304 g/mol. The molecule has 1 aromatic rings. The van der Waals surface area contributed by atoms with Gasteiger partial charge < -0.3 is 9.64 Å². The number of hydrogen-bond acceptors (Lipinski definition) is 3. The minimum atomic E-state index is -0.375. The maximum absolute atomic E-state index is 12.8. The Labute approximate surface area is 143 Å². The summed E-state index contributed by atoms with van der Waals surface area (Å²) in [4.78, 5) is 28.7. The quantitative estimate of drug-likeness (QED) is 0.856. The molecule has 2 aliphatic rings. The highest BCUT2D eigenvalue weighted by Gasteiger charge is 2.38. The molecule has 0 saturated carbocycles. The van der Waals surface area contributed by atoms with Crippen molar-refractivity contribution in [3.8, 4) is 0 Å². The summed E-state index contributed by atoms with van der Waals surface area (Å²) in [7, 11) is 0. The first-order chi connectivity index (χ1) is 11.6. The van der Waals surface area contributed by atoms with Crippen LogP contribution >= 0.6 is 0 Å². The van der Waals surface area contributed by atoms with E-state index in [2.05, 4.69) is 6.92 Å². The highest BCUT2D eigenvalue weighted by atomic mass is 16.6. The number of benzene rings is 1. The van der Waals surface area contributed by atoms with Crippen LogP contribution in [0, 0.1) is 5.92 Å². The van der Waals surface area contributed by atoms with Crippen molar-refractivity contribution in [2.75, 3.05) is 19.6 Å². The van der Waals surface area contributed by atoms with Crippen molar-refractivity contribution in [2.24, 2.45) is 5.92 Å². The number of nitrogens with zero attached hydrogens (tertiary/aromatic N) is 2. The van der Waals surface area contributed by atoms with E-state index in [-0.39, 0.29) is 24.6 Å². The van der Waals surface area contributed by atoms with Gasteiger partial charge in [0.25, 0.3) is 0 Å². The van der Waals surface area contributed by atoms with Gasteiger partial charge in [0.05, 0.1) is 0 Å². The Hall–Kier alpha value is -2.04. The summed E-state index contributed by atoms with van der Waals surface area (Å²) in [5.74, 6) is 0.778. The molecule has 130 valence electrons. The van der Waals surface area contributed by atoms with E-state index in [0.29, 0.717) is 12.5 Å². The molecule has 2 amide bonds. The van der Waals surface area contributed by atoms with Crippen LogP contribution in [-0.2, 0) is 16.1 Å². The predicted molar refractivity (Wildman–Crippen MR) is 91.3 cm³/mol. The minimum absolute atomic E-state index is 0.0936. The lowest BCUT2D eigenvalue weighted by molar-refractivity contribution is -0.136. The molecule has 0 aliphatic carbocycles. The maximum atomic E-state index is 12.8. The lowest BCUT2D eigenvalue weighted by Gasteiger charge is -2.34. The van der Waals surface area contributed by atoms with E-state index in [4.69, 9.17) is 4.74 Å². The van der Waals surface area contributed by atoms with Crippen molar-refractivity contribution in [1.82, 2.24) is 9.80 Å². The predicted octanol–water partition coefficient (Wildman–Crippen LogP) is 3.05. The molecule has 3 rings (SSSR count). The normalized spacial score (nSPS) is 21.8. The van der Waals surface area contributed by atoms with Gasteiger partial charge in [-0.25, -0.2) is 4.79 Å².